The Morgan fingerprint density at radius 1 is 1.11 bits per heavy atom. The fourth-order valence-corrected chi connectivity index (χ4v) is 2.33. The van der Waals surface area contributed by atoms with Crippen molar-refractivity contribution in [2.24, 2.45) is 0 Å². The van der Waals surface area contributed by atoms with Crippen LogP contribution in [0.5, 0.6) is 17.2 Å². The summed E-state index contributed by atoms with van der Waals surface area (Å²) in [7, 11) is 1.26. The summed E-state index contributed by atoms with van der Waals surface area (Å²) in [4.78, 5) is 22.9. The first-order chi connectivity index (χ1) is 12.6. The average Bonchev–Trinajstić information content (AvgIpc) is 2.62. The number of methoxy groups -OCH3 is 1. The number of aliphatic hydroxyl groups excluding tert-OH is 3. The molecule has 2 rings (SSSR count). The van der Waals surface area contributed by atoms with Gasteiger partial charge in [0.2, 0.25) is 12.0 Å². The molecule has 0 saturated carbocycles. The third-order valence-electron chi connectivity index (χ3n) is 3.75. The van der Waals surface area contributed by atoms with Gasteiger partial charge in [-0.3, -0.25) is 0 Å². The van der Waals surface area contributed by atoms with Crippen LogP contribution in [-0.2, 0) is 19.1 Å². The minimum Gasteiger partial charge on any atom is -0.504 e. The second-order valence-corrected chi connectivity index (χ2v) is 5.60. The molecule has 0 spiro atoms. The van der Waals surface area contributed by atoms with Crippen LogP contribution >= 0.6 is 0 Å². The van der Waals surface area contributed by atoms with E-state index in [1.807, 2.05) is 0 Å². The van der Waals surface area contributed by atoms with Gasteiger partial charge in [0.25, 0.3) is 0 Å². The molecule has 1 aliphatic heterocycles. The number of carbonyl (C=O) groups excluding carboxylic acids is 1. The Morgan fingerprint density at radius 2 is 1.78 bits per heavy atom. The van der Waals surface area contributed by atoms with Crippen LogP contribution in [0.15, 0.2) is 18.2 Å². The summed E-state index contributed by atoms with van der Waals surface area (Å²) in [5, 5.41) is 57.0. The molecular weight excluding hydrogens is 368 g/mol. The number of hydrogen-bond acceptors (Lipinski definition) is 10. The van der Waals surface area contributed by atoms with Gasteiger partial charge < -0.3 is 44.8 Å². The van der Waals surface area contributed by atoms with Crippen molar-refractivity contribution in [1.82, 2.24) is 0 Å². The minimum absolute atomic E-state index is 0.0459. The number of benzene rings is 1. The molecule has 1 aromatic rings. The van der Waals surface area contributed by atoms with Gasteiger partial charge in [-0.25, -0.2) is 9.59 Å². The molecule has 11 heteroatoms. The lowest BCUT2D eigenvalue weighted by atomic mass is 9.99. The first-order valence-electron chi connectivity index (χ1n) is 7.56. The Bertz CT molecular complexity index is 744. The van der Waals surface area contributed by atoms with E-state index in [4.69, 9.17) is 19.3 Å². The molecule has 0 aromatic heterocycles. The third-order valence-corrected chi connectivity index (χ3v) is 3.75. The lowest BCUT2D eigenvalue weighted by Gasteiger charge is -2.37. The predicted octanol–water partition coefficient (Wildman–Crippen LogP) is -1.45. The molecule has 148 valence electrons. The molecule has 5 atom stereocenters. The smallest absolute Gasteiger partial charge is 0.335 e. The third kappa shape index (κ3) is 4.46. The zero-order chi connectivity index (χ0) is 20.3. The van der Waals surface area contributed by atoms with E-state index in [1.165, 1.54) is 19.3 Å². The van der Waals surface area contributed by atoms with Crippen LogP contribution < -0.4 is 4.74 Å². The highest BCUT2D eigenvalue weighted by molar-refractivity contribution is 5.87. The van der Waals surface area contributed by atoms with Crippen molar-refractivity contribution in [2.75, 3.05) is 7.11 Å². The van der Waals surface area contributed by atoms with Gasteiger partial charge in [-0.2, -0.15) is 0 Å². The summed E-state index contributed by atoms with van der Waals surface area (Å²) in [6.07, 6.45) is -7.36. The molecule has 0 bridgehead atoms. The Kier molecular flexibility index (Phi) is 6.23. The predicted molar refractivity (Wildman–Crippen MR) is 85.8 cm³/mol. The van der Waals surface area contributed by atoms with Crippen molar-refractivity contribution in [3.05, 3.63) is 23.8 Å². The van der Waals surface area contributed by atoms with Gasteiger partial charge in [-0.15, -0.1) is 0 Å². The first kappa shape index (κ1) is 20.5. The second kappa shape index (κ2) is 8.22. The van der Waals surface area contributed by atoms with E-state index in [1.54, 1.807) is 0 Å². The van der Waals surface area contributed by atoms with Gasteiger partial charge in [0.15, 0.2) is 17.6 Å². The molecule has 11 nitrogen and oxygen atoms in total. The van der Waals surface area contributed by atoms with E-state index in [0.29, 0.717) is 0 Å². The van der Waals surface area contributed by atoms with Crippen molar-refractivity contribution in [3.8, 4) is 17.2 Å². The maximum Gasteiger partial charge on any atom is 0.335 e. The van der Waals surface area contributed by atoms with Gasteiger partial charge in [0.1, 0.15) is 18.3 Å². The minimum atomic E-state index is -1.91. The SMILES string of the molecule is COc1cc(/C=C/C(=O)OC2OC(C(=O)O)C(O)C(O)C2O)cc(O)c1O. The Morgan fingerprint density at radius 3 is 2.37 bits per heavy atom. The highest BCUT2D eigenvalue weighted by Gasteiger charge is 2.48. The quantitative estimate of drug-likeness (QED) is 0.198. The number of aliphatic hydroxyl groups is 3. The number of aromatic hydroxyl groups is 2. The number of carboxylic acid groups (broad SMARTS) is 1. The Hall–Kier alpha value is -2.86. The molecule has 0 amide bonds. The fourth-order valence-electron chi connectivity index (χ4n) is 2.33. The summed E-state index contributed by atoms with van der Waals surface area (Å²) in [5.41, 5.74) is 0.253. The molecule has 5 unspecified atom stereocenters. The molecule has 6 N–H and O–H groups in total. The van der Waals surface area contributed by atoms with Crippen molar-refractivity contribution in [3.63, 3.8) is 0 Å². The lowest BCUT2D eigenvalue weighted by Crippen LogP contribution is -2.60. The molecule has 27 heavy (non-hydrogen) atoms. The van der Waals surface area contributed by atoms with E-state index in [9.17, 15) is 35.1 Å². The van der Waals surface area contributed by atoms with E-state index < -0.39 is 54.1 Å². The second-order valence-electron chi connectivity index (χ2n) is 5.60. The topological polar surface area (TPSA) is 183 Å². The first-order valence-corrected chi connectivity index (χ1v) is 7.56. The largest absolute Gasteiger partial charge is 0.504 e. The summed E-state index contributed by atoms with van der Waals surface area (Å²) in [5.74, 6) is -3.71. The van der Waals surface area contributed by atoms with Crippen molar-refractivity contribution in [1.29, 1.82) is 0 Å². The summed E-state index contributed by atoms with van der Waals surface area (Å²) in [6.45, 7) is 0. The molecule has 1 fully saturated rings. The van der Waals surface area contributed by atoms with Gasteiger partial charge in [-0.1, -0.05) is 0 Å². The van der Waals surface area contributed by atoms with Crippen LogP contribution in [0.1, 0.15) is 5.56 Å². The number of carboxylic acids is 1. The Labute approximate surface area is 152 Å². The number of phenols is 2. The normalized spacial score (nSPS) is 28.1. The Balaban J connectivity index is 2.09. The number of esters is 1. The summed E-state index contributed by atoms with van der Waals surface area (Å²) < 4.78 is 14.4. The van der Waals surface area contributed by atoms with E-state index in [0.717, 1.165) is 12.1 Å². The highest BCUT2D eigenvalue weighted by atomic mass is 16.7. The number of ether oxygens (including phenoxy) is 3. The summed E-state index contributed by atoms with van der Waals surface area (Å²) in [6, 6.07) is 2.44. The van der Waals surface area contributed by atoms with Gasteiger partial charge in [-0.05, 0) is 23.8 Å². The van der Waals surface area contributed by atoms with Crippen LogP contribution in [-0.4, -0.2) is 80.4 Å². The van der Waals surface area contributed by atoms with Crippen LogP contribution in [0.3, 0.4) is 0 Å². The van der Waals surface area contributed by atoms with Crippen molar-refractivity contribution < 1.29 is 54.4 Å². The highest BCUT2D eigenvalue weighted by Crippen LogP contribution is 2.36. The van der Waals surface area contributed by atoms with Crippen molar-refractivity contribution >= 4 is 18.0 Å². The zero-order valence-electron chi connectivity index (χ0n) is 13.9. The molecule has 0 aliphatic carbocycles. The van der Waals surface area contributed by atoms with E-state index >= 15 is 0 Å². The number of phenolic OH excluding ortho intramolecular Hbond substituents is 2. The molecule has 1 aliphatic rings. The fraction of sp³-hybridized carbons (Fsp3) is 0.375. The van der Waals surface area contributed by atoms with E-state index in [2.05, 4.69) is 0 Å². The number of rotatable bonds is 5. The number of carbonyl (C=O) groups is 2. The van der Waals surface area contributed by atoms with Crippen LogP contribution in [0.2, 0.25) is 0 Å². The average molecular weight is 386 g/mol. The molecular formula is C16H18O11. The molecule has 0 radical (unpaired) electrons. The lowest BCUT2D eigenvalue weighted by molar-refractivity contribution is -0.284. The van der Waals surface area contributed by atoms with Crippen LogP contribution in [0, 0.1) is 0 Å². The van der Waals surface area contributed by atoms with Gasteiger partial charge in [0, 0.05) is 6.08 Å². The number of aliphatic carboxylic acids is 1. The van der Waals surface area contributed by atoms with Gasteiger partial charge in [0.05, 0.1) is 7.11 Å². The number of hydrogen-bond donors (Lipinski definition) is 6. The monoisotopic (exact) mass is 386 g/mol. The molecule has 1 aromatic carbocycles. The van der Waals surface area contributed by atoms with Crippen molar-refractivity contribution in [2.45, 2.75) is 30.7 Å². The molecule has 1 heterocycles. The standard InChI is InChI=1S/C16H18O11/c1-25-8-5-6(4-7(17)10(8)19)2-3-9(18)26-16-13(22)11(20)12(21)14(27-16)15(23)24/h2-5,11-14,16-17,19-22H,1H3,(H,23,24)/b3-2+. The van der Waals surface area contributed by atoms with Crippen LogP contribution in [0.25, 0.3) is 6.08 Å². The zero-order valence-corrected chi connectivity index (χ0v) is 13.9. The maximum absolute atomic E-state index is 11.9. The van der Waals surface area contributed by atoms with E-state index in [-0.39, 0.29) is 11.3 Å². The van der Waals surface area contributed by atoms with Crippen LogP contribution in [0.4, 0.5) is 0 Å². The molecule has 1 saturated heterocycles. The summed E-state index contributed by atoms with van der Waals surface area (Å²) >= 11 is 0. The van der Waals surface area contributed by atoms with Gasteiger partial charge >= 0.3 is 11.9 Å². The maximum atomic E-state index is 11.9.